The molecule has 0 aromatic carbocycles. The first-order valence-corrected chi connectivity index (χ1v) is 0.548. The molecule has 0 fully saturated rings. The van der Waals surface area contributed by atoms with Crippen molar-refractivity contribution in [3.8, 4) is 0 Å². The van der Waals surface area contributed by atoms with Crippen molar-refractivity contribution in [3.63, 3.8) is 0 Å². The molecule has 0 atom stereocenters. The molecule has 0 amide bonds. The molecule has 0 aliphatic rings. The molecule has 7 heavy (non-hydrogen) atoms. The normalized spacial score (nSPS) is 3.43. The Kier molecular flexibility index (Phi) is 62.5. The molecule has 0 rings (SSSR count). The Morgan fingerprint density at radius 1 is 1.29 bits per heavy atom. The Hall–Kier alpha value is 0.251. The molecule has 0 spiro atoms. The van der Waals surface area contributed by atoms with Gasteiger partial charge in [-0.05, 0) is 0 Å². The largest absolute Gasteiger partial charge is 2.00 e. The van der Waals surface area contributed by atoms with Crippen molar-refractivity contribution < 1.29 is 27.1 Å². The molecule has 0 heterocycles. The van der Waals surface area contributed by atoms with Crippen LogP contribution < -0.4 is 0 Å². The summed E-state index contributed by atoms with van der Waals surface area (Å²) in [5.74, 6) is 0. The maximum absolute atomic E-state index is 8.25. The van der Waals surface area contributed by atoms with Crippen LogP contribution in [0.3, 0.4) is 0 Å². The van der Waals surface area contributed by atoms with Crippen molar-refractivity contribution >= 4 is 18.9 Å². The summed E-state index contributed by atoms with van der Waals surface area (Å²) in [6.07, 6.45) is 0. The fourth-order valence-corrected chi connectivity index (χ4v) is 0. The molecule has 0 aromatic rings. The van der Waals surface area contributed by atoms with Crippen LogP contribution in [0.5, 0.6) is 0 Å². The zero-order valence-corrected chi connectivity index (χ0v) is 3.42. The first kappa shape index (κ1) is 26.8. The predicted octanol–water partition coefficient (Wildman–Crippen LogP) is -1.07. The third-order valence-corrected chi connectivity index (χ3v) is 0. The van der Waals surface area contributed by atoms with Crippen molar-refractivity contribution in [2.24, 2.45) is 0 Å². The minimum absolute atomic E-state index is 0. The predicted molar refractivity (Wildman–Crippen MR) is 19.4 cm³/mol. The molecule has 5 nitrogen and oxygen atoms in total. The average Bonchev–Trinajstić information content (AvgIpc) is 0.811. The van der Waals surface area contributed by atoms with Crippen LogP contribution in [0.2, 0.25) is 0 Å². The summed E-state index contributed by atoms with van der Waals surface area (Å²) in [5.41, 5.74) is 0. The van der Waals surface area contributed by atoms with E-state index in [0.29, 0.717) is 0 Å². The van der Waals surface area contributed by atoms with Crippen LogP contribution in [0.15, 0.2) is 0 Å². The van der Waals surface area contributed by atoms with Crippen molar-refractivity contribution in [2.75, 3.05) is 0 Å². The smallest absolute Gasteiger partial charge is 0.870 e. The van der Waals surface area contributed by atoms with Crippen LogP contribution >= 0.6 is 0 Å². The van der Waals surface area contributed by atoms with Gasteiger partial charge in [0, 0.05) is 0 Å². The standard InChI is InChI=1S/Li.NO3.Ni.H2O.H/c;2-1(3)4;;;/h;;;1H2;/q;-1;+2;;/p-1. The molecule has 0 bridgehead atoms. The van der Waals surface area contributed by atoms with Gasteiger partial charge in [-0.3, -0.25) is 0 Å². The van der Waals surface area contributed by atoms with Gasteiger partial charge in [0.1, 0.15) is 0 Å². The summed E-state index contributed by atoms with van der Waals surface area (Å²) in [4.78, 5) is 8.25. The van der Waals surface area contributed by atoms with Crippen molar-refractivity contribution in [1.29, 1.82) is 0 Å². The van der Waals surface area contributed by atoms with E-state index in [9.17, 15) is 0 Å². The Bertz CT molecular complexity index is 34.7. The van der Waals surface area contributed by atoms with E-state index < -0.39 is 5.09 Å². The van der Waals surface area contributed by atoms with E-state index >= 15 is 0 Å². The summed E-state index contributed by atoms with van der Waals surface area (Å²) in [7, 11) is 0. The molecule has 0 unspecified atom stereocenters. The Morgan fingerprint density at radius 2 is 1.29 bits per heavy atom. The van der Waals surface area contributed by atoms with Gasteiger partial charge in [-0.15, -0.1) is 0 Å². The second-order valence-electron chi connectivity index (χ2n) is 0.224. The first-order chi connectivity index (χ1) is 1.73. The van der Waals surface area contributed by atoms with Gasteiger partial charge < -0.3 is 20.8 Å². The van der Waals surface area contributed by atoms with E-state index in [2.05, 4.69) is 0 Å². The third kappa shape index (κ3) is 1790. The Labute approximate surface area is 61.6 Å². The van der Waals surface area contributed by atoms with Gasteiger partial charge in [-0.1, -0.05) is 0 Å². The van der Waals surface area contributed by atoms with Crippen molar-refractivity contribution in [2.45, 2.75) is 0 Å². The molecule has 0 radical (unpaired) electrons. The minimum Gasteiger partial charge on any atom is -0.870 e. The molecule has 0 aliphatic carbocycles. The van der Waals surface area contributed by atoms with Crippen LogP contribution in [0, 0.1) is 15.3 Å². The summed E-state index contributed by atoms with van der Waals surface area (Å²) < 4.78 is 0. The summed E-state index contributed by atoms with van der Waals surface area (Å²) in [5, 5.41) is 14.8. The molecule has 0 aromatic heterocycles. The monoisotopic (exact) mass is 145 g/mol. The number of hydrogen-bond acceptors (Lipinski definition) is 4. The van der Waals surface area contributed by atoms with Gasteiger partial charge in [0.25, 0.3) is 0 Å². The second kappa shape index (κ2) is 16.3. The molecule has 0 saturated heterocycles. The van der Waals surface area contributed by atoms with Crippen molar-refractivity contribution in [1.82, 2.24) is 0 Å². The quantitative estimate of drug-likeness (QED) is 0.246. The van der Waals surface area contributed by atoms with Crippen LogP contribution in [0.4, 0.5) is 0 Å². The zero-order chi connectivity index (χ0) is 3.58. The molecule has 0 aliphatic heterocycles. The van der Waals surface area contributed by atoms with Crippen LogP contribution in [0.1, 0.15) is 0 Å². The van der Waals surface area contributed by atoms with Gasteiger partial charge >= 0.3 is 35.4 Å². The van der Waals surface area contributed by atoms with E-state index in [-0.39, 0.29) is 40.8 Å². The van der Waals surface area contributed by atoms with Gasteiger partial charge in [-0.2, -0.15) is 0 Å². The Morgan fingerprint density at radius 3 is 1.29 bits per heavy atom. The van der Waals surface area contributed by atoms with Crippen molar-refractivity contribution in [3.05, 3.63) is 15.3 Å². The van der Waals surface area contributed by atoms with Gasteiger partial charge in [0.2, 0.25) is 0 Å². The van der Waals surface area contributed by atoms with E-state index in [1.165, 1.54) is 0 Å². The van der Waals surface area contributed by atoms with E-state index in [0.717, 1.165) is 0 Å². The maximum Gasteiger partial charge on any atom is 2.00 e. The number of hydrogen-bond donors (Lipinski definition) is 0. The number of rotatable bonds is 0. The second-order valence-corrected chi connectivity index (χ2v) is 0.224. The van der Waals surface area contributed by atoms with E-state index in [1.54, 1.807) is 0 Å². The zero-order valence-electron chi connectivity index (χ0n) is 2.44. The molecule has 0 saturated carbocycles. The Balaban J connectivity index is -0.0000000150. The third-order valence-electron chi connectivity index (χ3n) is 0. The number of nitrogens with zero attached hydrogens (tertiary/aromatic N) is 1. The first-order valence-electron chi connectivity index (χ1n) is 0.548. The summed E-state index contributed by atoms with van der Waals surface area (Å²) in [6.45, 7) is 0. The molecular weight excluding hydrogens is 144 g/mol. The van der Waals surface area contributed by atoms with Gasteiger partial charge in [0.15, 0.2) is 0 Å². The topological polar surface area (TPSA) is 96.2 Å². The van der Waals surface area contributed by atoms with E-state index in [1.807, 2.05) is 0 Å². The van der Waals surface area contributed by atoms with Gasteiger partial charge in [0.05, 0.1) is 5.09 Å². The van der Waals surface area contributed by atoms with Crippen LogP contribution in [-0.4, -0.2) is 29.4 Å². The van der Waals surface area contributed by atoms with E-state index in [4.69, 9.17) is 15.3 Å². The van der Waals surface area contributed by atoms with Crippen LogP contribution in [0.25, 0.3) is 0 Å². The molecule has 1 N–H and O–H groups in total. The van der Waals surface area contributed by atoms with Gasteiger partial charge in [-0.25, -0.2) is 0 Å². The molecular formula is H2LiNNiO4. The van der Waals surface area contributed by atoms with Crippen LogP contribution in [-0.2, 0) is 16.5 Å². The molecule has 7 heteroatoms. The summed E-state index contributed by atoms with van der Waals surface area (Å²) in [6, 6.07) is 0. The fourth-order valence-electron chi connectivity index (χ4n) is 0. The molecule has 42 valence electrons. The fraction of sp³-hybridized carbons (Fsp3) is 0. The maximum atomic E-state index is 8.25. The minimum atomic E-state index is -1.75. The average molecular weight is 146 g/mol. The SMILES string of the molecule is O=[N+]([O-])[O-].[LiH].[Ni+2].[OH-]. The summed E-state index contributed by atoms with van der Waals surface area (Å²) >= 11 is 0.